The Labute approximate surface area is 176 Å². The molecule has 3 heterocycles. The fraction of sp³-hybridized carbons (Fsp3) is 0.333. The number of alkyl halides is 3. The van der Waals surface area contributed by atoms with E-state index in [1.165, 1.54) is 12.1 Å². The highest BCUT2D eigenvalue weighted by Crippen LogP contribution is 2.29. The second kappa shape index (κ2) is 8.75. The number of likely N-dealkylation sites (tertiary alicyclic amines) is 1. The average Bonchev–Trinajstić information content (AvgIpc) is 3.29. The molecule has 0 unspecified atom stereocenters. The summed E-state index contributed by atoms with van der Waals surface area (Å²) in [6, 6.07) is 9.98. The highest BCUT2D eigenvalue weighted by Gasteiger charge is 2.30. The van der Waals surface area contributed by atoms with E-state index in [2.05, 4.69) is 15.3 Å². The molecule has 1 aliphatic heterocycles. The number of halogens is 3. The smallest absolute Gasteiger partial charge is 0.416 e. The SMILES string of the molecule is O=C(Cc1ccc(C(F)(F)F)cc1)N1CCC(Oc2ccc(-n3cccn3)nn2)CC1. The zero-order chi connectivity index (χ0) is 21.8. The Morgan fingerprint density at radius 3 is 2.39 bits per heavy atom. The molecule has 1 saturated heterocycles. The van der Waals surface area contributed by atoms with E-state index in [1.54, 1.807) is 40.2 Å². The summed E-state index contributed by atoms with van der Waals surface area (Å²) in [6.07, 6.45) is 0.307. The molecule has 162 valence electrons. The number of amides is 1. The van der Waals surface area contributed by atoms with Crippen molar-refractivity contribution < 1.29 is 22.7 Å². The minimum Gasteiger partial charge on any atom is -0.473 e. The Morgan fingerprint density at radius 1 is 1.06 bits per heavy atom. The van der Waals surface area contributed by atoms with Gasteiger partial charge in [0.05, 0.1) is 12.0 Å². The van der Waals surface area contributed by atoms with Crippen molar-refractivity contribution in [3.63, 3.8) is 0 Å². The number of ether oxygens (including phenoxy) is 1. The molecular weight excluding hydrogens is 411 g/mol. The normalized spacial score (nSPS) is 15.1. The van der Waals surface area contributed by atoms with E-state index in [0.717, 1.165) is 12.1 Å². The third kappa shape index (κ3) is 5.19. The molecule has 1 amide bonds. The number of aromatic nitrogens is 4. The molecule has 3 aromatic rings. The van der Waals surface area contributed by atoms with Gasteiger partial charge in [0.15, 0.2) is 5.82 Å². The Morgan fingerprint density at radius 2 is 1.81 bits per heavy atom. The van der Waals surface area contributed by atoms with Gasteiger partial charge in [-0.25, -0.2) is 4.68 Å². The van der Waals surface area contributed by atoms with Crippen molar-refractivity contribution in [1.82, 2.24) is 24.9 Å². The first kappa shape index (κ1) is 20.8. The van der Waals surface area contributed by atoms with E-state index in [9.17, 15) is 18.0 Å². The molecule has 1 fully saturated rings. The van der Waals surface area contributed by atoms with Crippen molar-refractivity contribution in [3.8, 4) is 11.7 Å². The number of benzene rings is 1. The number of nitrogens with zero attached hydrogens (tertiary/aromatic N) is 5. The summed E-state index contributed by atoms with van der Waals surface area (Å²) in [4.78, 5) is 14.2. The first-order valence-corrected chi connectivity index (χ1v) is 9.83. The molecule has 7 nitrogen and oxygen atoms in total. The molecule has 31 heavy (non-hydrogen) atoms. The van der Waals surface area contributed by atoms with Crippen LogP contribution in [0.25, 0.3) is 5.82 Å². The molecular formula is C21H20F3N5O2. The second-order valence-corrected chi connectivity index (χ2v) is 7.25. The summed E-state index contributed by atoms with van der Waals surface area (Å²) >= 11 is 0. The maximum Gasteiger partial charge on any atom is 0.416 e. The zero-order valence-corrected chi connectivity index (χ0v) is 16.5. The fourth-order valence-electron chi connectivity index (χ4n) is 3.39. The van der Waals surface area contributed by atoms with Crippen molar-refractivity contribution in [1.29, 1.82) is 0 Å². The van der Waals surface area contributed by atoms with Crippen molar-refractivity contribution >= 4 is 5.91 Å². The zero-order valence-electron chi connectivity index (χ0n) is 16.5. The van der Waals surface area contributed by atoms with Gasteiger partial charge in [-0.05, 0) is 29.8 Å². The van der Waals surface area contributed by atoms with Crippen LogP contribution in [-0.2, 0) is 17.4 Å². The lowest BCUT2D eigenvalue weighted by Gasteiger charge is -2.32. The van der Waals surface area contributed by atoms with Crippen LogP contribution in [-0.4, -0.2) is 50.0 Å². The summed E-state index contributed by atoms with van der Waals surface area (Å²) < 4.78 is 45.4. The van der Waals surface area contributed by atoms with Gasteiger partial charge in [-0.2, -0.15) is 18.3 Å². The Hall–Kier alpha value is -3.43. The molecule has 0 aliphatic carbocycles. The lowest BCUT2D eigenvalue weighted by Crippen LogP contribution is -2.42. The van der Waals surface area contributed by atoms with E-state index in [-0.39, 0.29) is 18.4 Å². The van der Waals surface area contributed by atoms with Crippen LogP contribution in [0.4, 0.5) is 13.2 Å². The predicted molar refractivity (Wildman–Crippen MR) is 105 cm³/mol. The van der Waals surface area contributed by atoms with Gasteiger partial charge in [0.1, 0.15) is 6.10 Å². The van der Waals surface area contributed by atoms with Gasteiger partial charge >= 0.3 is 6.18 Å². The first-order valence-electron chi connectivity index (χ1n) is 9.83. The molecule has 0 bridgehead atoms. The van der Waals surface area contributed by atoms with E-state index in [1.807, 2.05) is 0 Å². The third-order valence-corrected chi connectivity index (χ3v) is 5.08. The molecule has 0 spiro atoms. The first-order chi connectivity index (χ1) is 14.9. The Kier molecular flexibility index (Phi) is 5.88. The van der Waals surface area contributed by atoms with E-state index in [0.29, 0.717) is 43.2 Å². The minimum atomic E-state index is -4.38. The summed E-state index contributed by atoms with van der Waals surface area (Å²) in [6.45, 7) is 1.03. The molecule has 0 N–H and O–H groups in total. The average molecular weight is 431 g/mol. The van der Waals surface area contributed by atoms with Crippen LogP contribution in [0.15, 0.2) is 54.9 Å². The minimum absolute atomic E-state index is 0.0734. The van der Waals surface area contributed by atoms with E-state index >= 15 is 0 Å². The standard InChI is InChI=1S/C21H20F3N5O2/c22-21(23,24)16-4-2-15(3-5-16)14-20(30)28-12-8-17(9-13-28)31-19-7-6-18(26-27-19)29-11-1-10-25-29/h1-7,10-11,17H,8-9,12-14H2. The van der Waals surface area contributed by atoms with Gasteiger partial charge in [0, 0.05) is 44.4 Å². The van der Waals surface area contributed by atoms with E-state index < -0.39 is 11.7 Å². The van der Waals surface area contributed by atoms with Crippen LogP contribution in [0.1, 0.15) is 24.0 Å². The van der Waals surface area contributed by atoms with Crippen LogP contribution in [0.3, 0.4) is 0 Å². The van der Waals surface area contributed by atoms with Crippen molar-refractivity contribution in [3.05, 3.63) is 66.0 Å². The second-order valence-electron chi connectivity index (χ2n) is 7.25. The Bertz CT molecular complexity index is 997. The number of carbonyl (C=O) groups excluding carboxylic acids is 1. The summed E-state index contributed by atoms with van der Waals surface area (Å²) in [5, 5.41) is 12.2. The maximum atomic E-state index is 12.7. The highest BCUT2D eigenvalue weighted by atomic mass is 19.4. The van der Waals surface area contributed by atoms with Gasteiger partial charge in [-0.15, -0.1) is 10.2 Å². The van der Waals surface area contributed by atoms with Gasteiger partial charge < -0.3 is 9.64 Å². The number of piperidine rings is 1. The molecule has 4 rings (SSSR count). The number of hydrogen-bond donors (Lipinski definition) is 0. The van der Waals surface area contributed by atoms with Gasteiger partial charge in [-0.3, -0.25) is 4.79 Å². The lowest BCUT2D eigenvalue weighted by atomic mass is 10.0. The third-order valence-electron chi connectivity index (χ3n) is 5.08. The van der Waals surface area contributed by atoms with Crippen molar-refractivity contribution in [2.75, 3.05) is 13.1 Å². The lowest BCUT2D eigenvalue weighted by molar-refractivity contribution is -0.137. The predicted octanol–water partition coefficient (Wildman–Crippen LogP) is 3.29. The Balaban J connectivity index is 1.26. The monoisotopic (exact) mass is 431 g/mol. The molecule has 0 atom stereocenters. The largest absolute Gasteiger partial charge is 0.473 e. The van der Waals surface area contributed by atoms with Crippen molar-refractivity contribution in [2.45, 2.75) is 31.5 Å². The highest BCUT2D eigenvalue weighted by molar-refractivity contribution is 5.78. The number of hydrogen-bond acceptors (Lipinski definition) is 5. The fourth-order valence-corrected chi connectivity index (χ4v) is 3.39. The quantitative estimate of drug-likeness (QED) is 0.620. The van der Waals surface area contributed by atoms with Crippen LogP contribution in [0, 0.1) is 0 Å². The van der Waals surface area contributed by atoms with Crippen LogP contribution in [0.5, 0.6) is 5.88 Å². The van der Waals surface area contributed by atoms with Gasteiger partial charge in [0.2, 0.25) is 11.8 Å². The van der Waals surface area contributed by atoms with Crippen LogP contribution >= 0.6 is 0 Å². The summed E-state index contributed by atoms with van der Waals surface area (Å²) in [5.74, 6) is 0.882. The molecule has 2 aromatic heterocycles. The van der Waals surface area contributed by atoms with Crippen molar-refractivity contribution in [2.24, 2.45) is 0 Å². The van der Waals surface area contributed by atoms with Crippen LogP contribution < -0.4 is 4.74 Å². The summed E-state index contributed by atoms with van der Waals surface area (Å²) in [5.41, 5.74) is -0.161. The number of rotatable bonds is 5. The molecule has 0 radical (unpaired) electrons. The maximum absolute atomic E-state index is 12.7. The summed E-state index contributed by atoms with van der Waals surface area (Å²) in [7, 11) is 0. The van der Waals surface area contributed by atoms with E-state index in [4.69, 9.17) is 4.74 Å². The molecule has 0 saturated carbocycles. The molecule has 10 heteroatoms. The van der Waals surface area contributed by atoms with Gasteiger partial charge in [0.25, 0.3) is 0 Å². The van der Waals surface area contributed by atoms with Crippen LogP contribution in [0.2, 0.25) is 0 Å². The number of carbonyl (C=O) groups is 1. The van der Waals surface area contributed by atoms with Gasteiger partial charge in [-0.1, -0.05) is 12.1 Å². The molecule has 1 aliphatic rings. The molecule has 1 aromatic carbocycles. The topological polar surface area (TPSA) is 73.1 Å².